The fraction of sp³-hybridized carbons (Fsp3) is 0.600. The lowest BCUT2D eigenvalue weighted by atomic mass is 10.0. The van der Waals surface area contributed by atoms with Gasteiger partial charge in [0.05, 0.1) is 6.42 Å². The van der Waals surface area contributed by atoms with Gasteiger partial charge in [-0.2, -0.15) is 0 Å². The van der Waals surface area contributed by atoms with E-state index in [9.17, 15) is 9.59 Å². The van der Waals surface area contributed by atoms with Crippen molar-refractivity contribution in [3.8, 4) is 0 Å². The summed E-state index contributed by atoms with van der Waals surface area (Å²) in [5, 5.41) is 3.03. The van der Waals surface area contributed by atoms with Gasteiger partial charge in [0.2, 0.25) is 11.8 Å². The lowest BCUT2D eigenvalue weighted by molar-refractivity contribution is -0.120. The third-order valence-electron chi connectivity index (χ3n) is 5.27. The van der Waals surface area contributed by atoms with Crippen molar-refractivity contribution in [3.05, 3.63) is 29.8 Å². The minimum absolute atomic E-state index is 0.0893. The summed E-state index contributed by atoms with van der Waals surface area (Å²) in [7, 11) is 0. The van der Waals surface area contributed by atoms with Crippen LogP contribution in [0.25, 0.3) is 0 Å². The fourth-order valence-corrected chi connectivity index (χ4v) is 3.88. The van der Waals surface area contributed by atoms with Crippen LogP contribution >= 0.6 is 0 Å². The molecule has 2 fully saturated rings. The number of hydrogen-bond acceptors (Lipinski definition) is 2. The number of anilines is 1. The number of carbonyl (C=O) groups excluding carboxylic acids is 2. The molecule has 1 aromatic carbocycles. The summed E-state index contributed by atoms with van der Waals surface area (Å²) < 4.78 is 0. The fourth-order valence-electron chi connectivity index (χ4n) is 3.88. The van der Waals surface area contributed by atoms with Crippen LogP contribution in [-0.2, 0) is 16.0 Å². The molecule has 0 bridgehead atoms. The second-order valence-corrected chi connectivity index (χ2v) is 7.13. The van der Waals surface area contributed by atoms with Crippen LogP contribution in [0.1, 0.15) is 56.9 Å². The first-order chi connectivity index (χ1) is 11.7. The third kappa shape index (κ3) is 4.59. The van der Waals surface area contributed by atoms with Crippen LogP contribution in [0.5, 0.6) is 0 Å². The zero-order chi connectivity index (χ0) is 16.8. The maximum Gasteiger partial charge on any atom is 0.227 e. The molecule has 0 atom stereocenters. The van der Waals surface area contributed by atoms with Gasteiger partial charge in [0.25, 0.3) is 0 Å². The summed E-state index contributed by atoms with van der Waals surface area (Å²) >= 11 is 0. The smallest absolute Gasteiger partial charge is 0.227 e. The minimum atomic E-state index is 0.0893. The number of nitrogens with one attached hydrogen (secondary N) is 1. The SMILES string of the molecule is O=C(Cc1ccc(N2CCCC2=O)cc1)NCCCC1CCCC1. The zero-order valence-electron chi connectivity index (χ0n) is 14.4. The Labute approximate surface area is 144 Å². The van der Waals surface area contributed by atoms with E-state index < -0.39 is 0 Å². The molecule has 0 unspecified atom stereocenters. The Bertz CT molecular complexity index is 562. The molecule has 4 heteroatoms. The Kier molecular flexibility index (Phi) is 5.89. The molecule has 1 aromatic rings. The van der Waals surface area contributed by atoms with E-state index in [0.29, 0.717) is 12.8 Å². The van der Waals surface area contributed by atoms with Crippen molar-refractivity contribution in [3.63, 3.8) is 0 Å². The predicted octanol–water partition coefficient (Wildman–Crippen LogP) is 3.44. The van der Waals surface area contributed by atoms with Gasteiger partial charge >= 0.3 is 0 Å². The normalized spacial score (nSPS) is 18.3. The van der Waals surface area contributed by atoms with E-state index in [1.807, 2.05) is 29.2 Å². The second kappa shape index (κ2) is 8.32. The van der Waals surface area contributed by atoms with Crippen molar-refractivity contribution >= 4 is 17.5 Å². The Morgan fingerprint density at radius 2 is 1.88 bits per heavy atom. The molecule has 1 aliphatic heterocycles. The van der Waals surface area contributed by atoms with Gasteiger partial charge < -0.3 is 10.2 Å². The quantitative estimate of drug-likeness (QED) is 0.780. The predicted molar refractivity (Wildman–Crippen MR) is 95.9 cm³/mol. The van der Waals surface area contributed by atoms with E-state index in [2.05, 4.69) is 5.32 Å². The van der Waals surface area contributed by atoms with Crippen LogP contribution in [0, 0.1) is 5.92 Å². The molecule has 2 aliphatic rings. The topological polar surface area (TPSA) is 49.4 Å². The summed E-state index contributed by atoms with van der Waals surface area (Å²) in [4.78, 5) is 25.6. The van der Waals surface area contributed by atoms with Crippen LogP contribution in [-0.4, -0.2) is 24.9 Å². The summed E-state index contributed by atoms with van der Waals surface area (Å²) in [6, 6.07) is 7.82. The van der Waals surface area contributed by atoms with E-state index in [1.165, 1.54) is 32.1 Å². The van der Waals surface area contributed by atoms with E-state index in [4.69, 9.17) is 0 Å². The molecule has 1 heterocycles. The molecule has 1 saturated carbocycles. The van der Waals surface area contributed by atoms with Crippen LogP contribution in [0.2, 0.25) is 0 Å². The van der Waals surface area contributed by atoms with Gasteiger partial charge in [-0.05, 0) is 42.9 Å². The Morgan fingerprint density at radius 1 is 1.12 bits per heavy atom. The van der Waals surface area contributed by atoms with E-state index in [0.717, 1.165) is 43.1 Å². The zero-order valence-corrected chi connectivity index (χ0v) is 14.4. The van der Waals surface area contributed by atoms with Gasteiger partial charge in [0, 0.05) is 25.2 Å². The molecule has 24 heavy (non-hydrogen) atoms. The first-order valence-electron chi connectivity index (χ1n) is 9.38. The molecule has 3 rings (SSSR count). The monoisotopic (exact) mass is 328 g/mol. The molecule has 0 spiro atoms. The second-order valence-electron chi connectivity index (χ2n) is 7.13. The Hall–Kier alpha value is -1.84. The molecule has 0 radical (unpaired) electrons. The van der Waals surface area contributed by atoms with Crippen LogP contribution in [0.15, 0.2) is 24.3 Å². The Morgan fingerprint density at radius 3 is 2.54 bits per heavy atom. The number of hydrogen-bond donors (Lipinski definition) is 1. The van der Waals surface area contributed by atoms with Crippen molar-refractivity contribution < 1.29 is 9.59 Å². The average molecular weight is 328 g/mol. The molecule has 1 aliphatic carbocycles. The number of benzene rings is 1. The number of carbonyl (C=O) groups is 2. The lowest BCUT2D eigenvalue weighted by Gasteiger charge is -2.16. The standard InChI is InChI=1S/C20H28N2O2/c23-19(21-13-3-7-16-5-1-2-6-16)15-17-9-11-18(12-10-17)22-14-4-8-20(22)24/h9-12,16H,1-8,13-15H2,(H,21,23). The highest BCUT2D eigenvalue weighted by atomic mass is 16.2. The third-order valence-corrected chi connectivity index (χ3v) is 5.27. The van der Waals surface area contributed by atoms with Crippen molar-refractivity contribution in [2.24, 2.45) is 5.92 Å². The van der Waals surface area contributed by atoms with Crippen LogP contribution in [0.4, 0.5) is 5.69 Å². The van der Waals surface area contributed by atoms with Crippen molar-refractivity contribution in [1.82, 2.24) is 5.32 Å². The van der Waals surface area contributed by atoms with Gasteiger partial charge in [-0.25, -0.2) is 0 Å². The lowest BCUT2D eigenvalue weighted by Crippen LogP contribution is -2.26. The molecule has 130 valence electrons. The van der Waals surface area contributed by atoms with E-state index in [1.54, 1.807) is 0 Å². The molecular weight excluding hydrogens is 300 g/mol. The van der Waals surface area contributed by atoms with Crippen molar-refractivity contribution in [2.75, 3.05) is 18.0 Å². The summed E-state index contributed by atoms with van der Waals surface area (Å²) in [5.41, 5.74) is 1.94. The molecular formula is C20H28N2O2. The summed E-state index contributed by atoms with van der Waals surface area (Å²) in [6.45, 7) is 1.59. The van der Waals surface area contributed by atoms with Gasteiger partial charge in [0.1, 0.15) is 0 Å². The van der Waals surface area contributed by atoms with Gasteiger partial charge in [-0.1, -0.05) is 37.8 Å². The first kappa shape index (κ1) is 17.0. The van der Waals surface area contributed by atoms with Gasteiger partial charge in [-0.3, -0.25) is 9.59 Å². The van der Waals surface area contributed by atoms with E-state index in [-0.39, 0.29) is 11.8 Å². The highest BCUT2D eigenvalue weighted by Gasteiger charge is 2.21. The van der Waals surface area contributed by atoms with Crippen molar-refractivity contribution in [2.45, 2.75) is 57.8 Å². The van der Waals surface area contributed by atoms with Crippen LogP contribution < -0.4 is 10.2 Å². The molecule has 1 N–H and O–H groups in total. The highest BCUT2D eigenvalue weighted by Crippen LogP contribution is 2.28. The summed E-state index contributed by atoms with van der Waals surface area (Å²) in [5.74, 6) is 1.18. The largest absolute Gasteiger partial charge is 0.356 e. The maximum absolute atomic E-state index is 12.0. The number of rotatable bonds is 7. The minimum Gasteiger partial charge on any atom is -0.356 e. The Balaban J connectivity index is 1.38. The average Bonchev–Trinajstić information content (AvgIpc) is 3.24. The van der Waals surface area contributed by atoms with E-state index >= 15 is 0 Å². The highest BCUT2D eigenvalue weighted by molar-refractivity contribution is 5.95. The van der Waals surface area contributed by atoms with Gasteiger partial charge in [0.15, 0.2) is 0 Å². The molecule has 1 saturated heterocycles. The van der Waals surface area contributed by atoms with Gasteiger partial charge in [-0.15, -0.1) is 0 Å². The summed E-state index contributed by atoms with van der Waals surface area (Å²) in [6.07, 6.45) is 9.85. The molecule has 0 aromatic heterocycles. The maximum atomic E-state index is 12.0. The molecule has 2 amide bonds. The van der Waals surface area contributed by atoms with Crippen molar-refractivity contribution in [1.29, 1.82) is 0 Å². The van der Waals surface area contributed by atoms with Crippen LogP contribution in [0.3, 0.4) is 0 Å². The molecule has 4 nitrogen and oxygen atoms in total. The first-order valence-corrected chi connectivity index (χ1v) is 9.38. The number of nitrogens with zero attached hydrogens (tertiary/aromatic N) is 1. The number of amides is 2.